The smallest absolute Gasteiger partial charge is 0.208 e. The minimum atomic E-state index is -3.63. The number of rotatable bonds is 5. The van der Waals surface area contributed by atoms with Crippen LogP contribution in [0.3, 0.4) is 0 Å². The van der Waals surface area contributed by atoms with Gasteiger partial charge in [0.25, 0.3) is 0 Å². The summed E-state index contributed by atoms with van der Waals surface area (Å²) in [7, 11) is -7.26. The minimum Gasteiger partial charge on any atom is -0.208 e. The van der Waals surface area contributed by atoms with E-state index in [-0.39, 0.29) is 31.1 Å². The Morgan fingerprint density at radius 2 is 1.36 bits per heavy atom. The first-order chi connectivity index (χ1) is 13.2. The molecule has 1 saturated heterocycles. The molecule has 1 aliphatic heterocycles. The molecule has 9 heteroatoms. The molecule has 1 aliphatic rings. The van der Waals surface area contributed by atoms with Crippen molar-refractivity contribution >= 4 is 37.7 Å². The normalized spacial score (nSPS) is 17.2. The number of hydrogen-bond acceptors (Lipinski definition) is 4. The van der Waals surface area contributed by atoms with Crippen LogP contribution in [0.15, 0.2) is 58.8 Å². The van der Waals surface area contributed by atoms with Gasteiger partial charge in [0.05, 0.1) is 4.90 Å². The highest BCUT2D eigenvalue weighted by Crippen LogP contribution is 2.20. The van der Waals surface area contributed by atoms with Gasteiger partial charge in [0, 0.05) is 36.6 Å². The number of aryl methyl sites for hydroxylation is 1. The Morgan fingerprint density at radius 3 is 1.93 bits per heavy atom. The average molecular weight is 441 g/mol. The van der Waals surface area contributed by atoms with Crippen molar-refractivity contribution in [1.29, 1.82) is 0 Å². The second kappa shape index (κ2) is 8.34. The summed E-state index contributed by atoms with van der Waals surface area (Å²) < 4.78 is 53.1. The van der Waals surface area contributed by atoms with Gasteiger partial charge in [0.15, 0.2) is 0 Å². The molecule has 0 aliphatic carbocycles. The third-order valence-corrected chi connectivity index (χ3v) is 8.25. The third kappa shape index (κ3) is 4.82. The molecule has 1 fully saturated rings. The Labute approximate surface area is 171 Å². The molecule has 3 rings (SSSR count). The summed E-state index contributed by atoms with van der Waals surface area (Å²) >= 11 is 5.82. The summed E-state index contributed by atoms with van der Waals surface area (Å²) in [5, 5.41) is 1.71. The highest BCUT2D eigenvalue weighted by atomic mass is 35.5. The number of halogens is 1. The predicted octanol–water partition coefficient (Wildman–Crippen LogP) is 2.96. The van der Waals surface area contributed by atoms with Crippen LogP contribution in [-0.2, 0) is 20.0 Å². The topological polar surface area (TPSA) is 74.8 Å². The Kier molecular flexibility index (Phi) is 6.26. The van der Waals surface area contributed by atoms with Crippen LogP contribution in [0.5, 0.6) is 0 Å². The number of benzene rings is 2. The van der Waals surface area contributed by atoms with Crippen LogP contribution in [-0.4, -0.2) is 51.6 Å². The fourth-order valence-corrected chi connectivity index (χ4v) is 5.57. The van der Waals surface area contributed by atoms with E-state index in [0.29, 0.717) is 10.6 Å². The zero-order valence-corrected chi connectivity index (χ0v) is 17.7. The van der Waals surface area contributed by atoms with E-state index in [2.05, 4.69) is 0 Å². The standard InChI is InChI=1S/C19H21ClN2O4S2/c1-16-2-8-19(9-3-16)28(25,26)22-13-11-21(12-14-22)27(23,24)15-10-17-4-6-18(20)7-5-17/h2-10,15H,11-14H2,1H3/b15-10+. The molecule has 0 aromatic heterocycles. The van der Waals surface area contributed by atoms with E-state index >= 15 is 0 Å². The van der Waals surface area contributed by atoms with E-state index in [1.54, 1.807) is 48.5 Å². The van der Waals surface area contributed by atoms with E-state index in [1.165, 1.54) is 14.7 Å². The summed E-state index contributed by atoms with van der Waals surface area (Å²) in [6.45, 7) is 2.34. The quantitative estimate of drug-likeness (QED) is 0.716. The van der Waals surface area contributed by atoms with Gasteiger partial charge >= 0.3 is 0 Å². The number of piperazine rings is 1. The lowest BCUT2D eigenvalue weighted by molar-refractivity contribution is 0.275. The third-order valence-electron chi connectivity index (χ3n) is 4.52. The van der Waals surface area contributed by atoms with Crippen LogP contribution in [0.4, 0.5) is 0 Å². The van der Waals surface area contributed by atoms with Gasteiger partial charge < -0.3 is 0 Å². The molecular formula is C19H21ClN2O4S2. The maximum atomic E-state index is 12.7. The molecule has 28 heavy (non-hydrogen) atoms. The second-order valence-electron chi connectivity index (χ2n) is 6.52. The van der Waals surface area contributed by atoms with Gasteiger partial charge in [-0.2, -0.15) is 8.61 Å². The van der Waals surface area contributed by atoms with Gasteiger partial charge in [0.2, 0.25) is 20.0 Å². The summed E-state index contributed by atoms with van der Waals surface area (Å²) in [6.07, 6.45) is 1.50. The van der Waals surface area contributed by atoms with Gasteiger partial charge in [-0.25, -0.2) is 16.8 Å². The van der Waals surface area contributed by atoms with Crippen LogP contribution in [0.1, 0.15) is 11.1 Å². The van der Waals surface area contributed by atoms with E-state index in [1.807, 2.05) is 6.92 Å². The Hall–Kier alpha value is -1.71. The van der Waals surface area contributed by atoms with E-state index < -0.39 is 20.0 Å². The molecule has 0 N–H and O–H groups in total. The lowest BCUT2D eigenvalue weighted by atomic mass is 10.2. The van der Waals surface area contributed by atoms with Gasteiger partial charge in [-0.1, -0.05) is 41.4 Å². The Morgan fingerprint density at radius 1 is 0.821 bits per heavy atom. The Balaban J connectivity index is 1.67. The van der Waals surface area contributed by atoms with Crippen LogP contribution >= 0.6 is 11.6 Å². The van der Waals surface area contributed by atoms with Crippen molar-refractivity contribution in [2.45, 2.75) is 11.8 Å². The fourth-order valence-electron chi connectivity index (χ4n) is 2.85. The minimum absolute atomic E-state index is 0.110. The number of nitrogens with zero attached hydrogens (tertiary/aromatic N) is 2. The molecule has 0 unspecified atom stereocenters. The average Bonchev–Trinajstić information content (AvgIpc) is 2.68. The lowest BCUT2D eigenvalue weighted by Gasteiger charge is -2.32. The second-order valence-corrected chi connectivity index (χ2v) is 10.7. The SMILES string of the molecule is Cc1ccc(S(=O)(=O)N2CCN(S(=O)(=O)/C=C/c3ccc(Cl)cc3)CC2)cc1. The molecule has 0 saturated carbocycles. The van der Waals surface area contributed by atoms with Crippen molar-refractivity contribution in [3.63, 3.8) is 0 Å². The highest BCUT2D eigenvalue weighted by Gasteiger charge is 2.31. The summed E-state index contributed by atoms with van der Waals surface area (Å²) in [5.74, 6) is 0. The molecular weight excluding hydrogens is 420 g/mol. The van der Waals surface area contributed by atoms with E-state index in [4.69, 9.17) is 11.6 Å². The molecule has 6 nitrogen and oxygen atoms in total. The zero-order valence-electron chi connectivity index (χ0n) is 15.3. The lowest BCUT2D eigenvalue weighted by Crippen LogP contribution is -2.49. The van der Waals surface area contributed by atoms with E-state index in [9.17, 15) is 16.8 Å². The van der Waals surface area contributed by atoms with Crippen molar-refractivity contribution in [3.8, 4) is 0 Å². The van der Waals surface area contributed by atoms with Crippen LogP contribution < -0.4 is 0 Å². The fraction of sp³-hybridized carbons (Fsp3) is 0.263. The van der Waals surface area contributed by atoms with Crippen molar-refractivity contribution < 1.29 is 16.8 Å². The molecule has 0 atom stereocenters. The van der Waals surface area contributed by atoms with Gasteiger partial charge in [0.1, 0.15) is 0 Å². The first kappa shape index (κ1) is 21.0. The number of hydrogen-bond donors (Lipinski definition) is 0. The van der Waals surface area contributed by atoms with Gasteiger partial charge in [-0.15, -0.1) is 0 Å². The summed E-state index contributed by atoms with van der Waals surface area (Å²) in [5.41, 5.74) is 1.69. The van der Waals surface area contributed by atoms with Crippen molar-refractivity contribution in [2.24, 2.45) is 0 Å². The van der Waals surface area contributed by atoms with Crippen molar-refractivity contribution in [3.05, 3.63) is 70.1 Å². The zero-order chi connectivity index (χ0) is 20.4. The summed E-state index contributed by atoms with van der Waals surface area (Å²) in [6, 6.07) is 13.4. The predicted molar refractivity (Wildman–Crippen MR) is 111 cm³/mol. The molecule has 2 aromatic carbocycles. The van der Waals surface area contributed by atoms with Crippen molar-refractivity contribution in [1.82, 2.24) is 8.61 Å². The summed E-state index contributed by atoms with van der Waals surface area (Å²) in [4.78, 5) is 0.219. The molecule has 2 aromatic rings. The van der Waals surface area contributed by atoms with Crippen molar-refractivity contribution in [2.75, 3.05) is 26.2 Å². The maximum absolute atomic E-state index is 12.7. The first-order valence-electron chi connectivity index (χ1n) is 8.69. The van der Waals surface area contributed by atoms with Gasteiger partial charge in [-0.3, -0.25) is 0 Å². The van der Waals surface area contributed by atoms with Crippen LogP contribution in [0, 0.1) is 6.92 Å². The van der Waals surface area contributed by atoms with E-state index in [0.717, 1.165) is 11.0 Å². The molecule has 0 spiro atoms. The monoisotopic (exact) mass is 440 g/mol. The largest absolute Gasteiger partial charge is 0.243 e. The highest BCUT2D eigenvalue weighted by molar-refractivity contribution is 7.92. The van der Waals surface area contributed by atoms with Crippen LogP contribution in [0.25, 0.3) is 6.08 Å². The molecule has 0 bridgehead atoms. The first-order valence-corrected chi connectivity index (χ1v) is 12.0. The maximum Gasteiger partial charge on any atom is 0.243 e. The number of sulfonamides is 2. The molecule has 1 heterocycles. The molecule has 0 amide bonds. The Bertz CT molecular complexity index is 1060. The molecule has 0 radical (unpaired) electrons. The van der Waals surface area contributed by atoms with Gasteiger partial charge in [-0.05, 0) is 42.8 Å². The molecule has 150 valence electrons. The van der Waals surface area contributed by atoms with Crippen LogP contribution in [0.2, 0.25) is 5.02 Å².